The van der Waals surface area contributed by atoms with Crippen molar-refractivity contribution in [3.63, 3.8) is 0 Å². The Balaban J connectivity index is 2.09. The van der Waals surface area contributed by atoms with Gasteiger partial charge in [0, 0.05) is 21.6 Å². The Morgan fingerprint density at radius 1 is 1.24 bits per heavy atom. The standard InChI is InChI=1S/C16H10BrN3O/c17-11-5-6-15-12(7-11)13(16(21)20-15)9-19-14-4-2-1-3-10(14)8-18/h1-7,9,20-21H. The average Bonchev–Trinajstić information content (AvgIpc) is 2.80. The molecule has 0 aliphatic rings. The molecule has 1 aromatic heterocycles. The number of benzene rings is 2. The maximum absolute atomic E-state index is 10.0. The lowest BCUT2D eigenvalue weighted by Gasteiger charge is -1.97. The van der Waals surface area contributed by atoms with Crippen molar-refractivity contribution in [1.29, 1.82) is 5.26 Å². The van der Waals surface area contributed by atoms with Crippen molar-refractivity contribution in [2.24, 2.45) is 4.99 Å². The second-order valence-corrected chi connectivity index (χ2v) is 5.38. The van der Waals surface area contributed by atoms with Gasteiger partial charge in [0.05, 0.1) is 16.8 Å². The number of halogens is 1. The van der Waals surface area contributed by atoms with E-state index in [0.717, 1.165) is 15.4 Å². The first-order valence-corrected chi connectivity index (χ1v) is 7.02. The fraction of sp³-hybridized carbons (Fsp3) is 0. The number of para-hydroxylation sites is 1. The number of nitriles is 1. The normalized spacial score (nSPS) is 11.0. The van der Waals surface area contributed by atoms with Crippen molar-refractivity contribution in [2.75, 3.05) is 0 Å². The number of aromatic nitrogens is 1. The number of fused-ring (bicyclic) bond motifs is 1. The smallest absolute Gasteiger partial charge is 0.198 e. The van der Waals surface area contributed by atoms with Gasteiger partial charge in [-0.2, -0.15) is 5.26 Å². The number of hydrogen-bond acceptors (Lipinski definition) is 3. The molecule has 0 radical (unpaired) electrons. The Labute approximate surface area is 129 Å². The van der Waals surface area contributed by atoms with E-state index in [1.54, 1.807) is 24.4 Å². The molecule has 0 atom stereocenters. The highest BCUT2D eigenvalue weighted by Gasteiger charge is 2.09. The van der Waals surface area contributed by atoms with Crippen molar-refractivity contribution >= 4 is 38.7 Å². The lowest BCUT2D eigenvalue weighted by molar-refractivity contribution is 0.457. The lowest BCUT2D eigenvalue weighted by atomic mass is 10.1. The molecule has 5 heteroatoms. The Morgan fingerprint density at radius 3 is 2.86 bits per heavy atom. The van der Waals surface area contributed by atoms with Gasteiger partial charge in [-0.25, -0.2) is 0 Å². The molecule has 0 aliphatic carbocycles. The Bertz CT molecular complexity index is 890. The van der Waals surface area contributed by atoms with Crippen molar-refractivity contribution in [3.05, 3.63) is 58.1 Å². The van der Waals surface area contributed by atoms with E-state index in [4.69, 9.17) is 5.26 Å². The number of H-pyrrole nitrogens is 1. The van der Waals surface area contributed by atoms with Crippen LogP contribution in [0.15, 0.2) is 51.9 Å². The van der Waals surface area contributed by atoms with E-state index in [-0.39, 0.29) is 5.88 Å². The number of hydrogen-bond donors (Lipinski definition) is 2. The molecule has 3 aromatic rings. The molecule has 4 nitrogen and oxygen atoms in total. The first kappa shape index (κ1) is 13.4. The van der Waals surface area contributed by atoms with Gasteiger partial charge in [-0.15, -0.1) is 0 Å². The van der Waals surface area contributed by atoms with E-state index in [2.05, 4.69) is 32.0 Å². The summed E-state index contributed by atoms with van der Waals surface area (Å²) < 4.78 is 0.918. The van der Waals surface area contributed by atoms with Gasteiger partial charge in [-0.1, -0.05) is 28.1 Å². The molecule has 3 rings (SSSR count). The SMILES string of the molecule is N#Cc1ccccc1N=Cc1c(O)[nH]c2ccc(Br)cc12. The van der Waals surface area contributed by atoms with E-state index in [1.807, 2.05) is 24.3 Å². The third-order valence-corrected chi connectivity index (χ3v) is 3.63. The summed E-state index contributed by atoms with van der Waals surface area (Å²) in [6, 6.07) is 14.8. The van der Waals surface area contributed by atoms with Crippen LogP contribution < -0.4 is 0 Å². The van der Waals surface area contributed by atoms with E-state index < -0.39 is 0 Å². The van der Waals surface area contributed by atoms with Crippen LogP contribution in [0.4, 0.5) is 5.69 Å². The summed E-state index contributed by atoms with van der Waals surface area (Å²) in [5.74, 6) is 0.0567. The molecule has 1 heterocycles. The summed E-state index contributed by atoms with van der Waals surface area (Å²) in [6.45, 7) is 0. The molecule has 102 valence electrons. The van der Waals surface area contributed by atoms with Crippen LogP contribution in [-0.2, 0) is 0 Å². The lowest BCUT2D eigenvalue weighted by Crippen LogP contribution is -1.81. The summed E-state index contributed by atoms with van der Waals surface area (Å²) in [5.41, 5.74) is 2.49. The zero-order valence-electron chi connectivity index (χ0n) is 10.8. The van der Waals surface area contributed by atoms with Crippen LogP contribution in [0.3, 0.4) is 0 Å². The van der Waals surface area contributed by atoms with Gasteiger partial charge in [0.25, 0.3) is 0 Å². The first-order valence-electron chi connectivity index (χ1n) is 6.22. The van der Waals surface area contributed by atoms with Crippen molar-refractivity contribution in [1.82, 2.24) is 4.98 Å². The highest BCUT2D eigenvalue weighted by Crippen LogP contribution is 2.29. The molecule has 0 saturated heterocycles. The summed E-state index contributed by atoms with van der Waals surface area (Å²) in [6.07, 6.45) is 1.57. The van der Waals surface area contributed by atoms with Crippen LogP contribution >= 0.6 is 15.9 Å². The van der Waals surface area contributed by atoms with Gasteiger partial charge in [0.1, 0.15) is 6.07 Å². The maximum Gasteiger partial charge on any atom is 0.198 e. The van der Waals surface area contributed by atoms with Crippen LogP contribution in [0.5, 0.6) is 5.88 Å². The van der Waals surface area contributed by atoms with Crippen LogP contribution in [0, 0.1) is 11.3 Å². The predicted octanol–water partition coefficient (Wildman–Crippen LogP) is 4.26. The molecule has 0 spiro atoms. The predicted molar refractivity (Wildman–Crippen MR) is 86.1 cm³/mol. The van der Waals surface area contributed by atoms with Crippen LogP contribution in [0.1, 0.15) is 11.1 Å². The largest absolute Gasteiger partial charge is 0.494 e. The minimum Gasteiger partial charge on any atom is -0.494 e. The Hall–Kier alpha value is -2.58. The molecule has 2 N–H and O–H groups in total. The quantitative estimate of drug-likeness (QED) is 0.684. The van der Waals surface area contributed by atoms with Crippen LogP contribution in [0.25, 0.3) is 10.9 Å². The highest BCUT2D eigenvalue weighted by molar-refractivity contribution is 9.10. The number of aromatic amines is 1. The zero-order chi connectivity index (χ0) is 14.8. The minimum atomic E-state index is 0.0567. The molecule has 0 fully saturated rings. The average molecular weight is 340 g/mol. The fourth-order valence-electron chi connectivity index (χ4n) is 2.12. The van der Waals surface area contributed by atoms with Crippen molar-refractivity contribution < 1.29 is 5.11 Å². The fourth-order valence-corrected chi connectivity index (χ4v) is 2.48. The maximum atomic E-state index is 10.0. The molecule has 21 heavy (non-hydrogen) atoms. The second-order valence-electron chi connectivity index (χ2n) is 4.46. The van der Waals surface area contributed by atoms with E-state index in [0.29, 0.717) is 16.8 Å². The Morgan fingerprint density at radius 2 is 2.05 bits per heavy atom. The summed E-state index contributed by atoms with van der Waals surface area (Å²) in [5, 5.41) is 19.9. The van der Waals surface area contributed by atoms with Gasteiger partial charge >= 0.3 is 0 Å². The van der Waals surface area contributed by atoms with E-state index in [9.17, 15) is 5.11 Å². The third-order valence-electron chi connectivity index (χ3n) is 3.14. The summed E-state index contributed by atoms with van der Waals surface area (Å²) in [7, 11) is 0. The van der Waals surface area contributed by atoms with E-state index in [1.165, 1.54) is 0 Å². The number of nitrogens with zero attached hydrogens (tertiary/aromatic N) is 2. The van der Waals surface area contributed by atoms with Gasteiger partial charge in [0.2, 0.25) is 0 Å². The summed E-state index contributed by atoms with van der Waals surface area (Å²) in [4.78, 5) is 7.21. The zero-order valence-corrected chi connectivity index (χ0v) is 12.4. The van der Waals surface area contributed by atoms with Crippen LogP contribution in [0.2, 0.25) is 0 Å². The molecular weight excluding hydrogens is 330 g/mol. The monoisotopic (exact) mass is 339 g/mol. The topological polar surface area (TPSA) is 72.2 Å². The molecule has 2 aromatic carbocycles. The molecular formula is C16H10BrN3O. The molecule has 0 amide bonds. The van der Waals surface area contributed by atoms with Crippen molar-refractivity contribution in [2.45, 2.75) is 0 Å². The summed E-state index contributed by atoms with van der Waals surface area (Å²) >= 11 is 3.41. The number of aliphatic imine (C=N–C) groups is 1. The number of aromatic hydroxyl groups is 1. The van der Waals surface area contributed by atoms with Crippen LogP contribution in [-0.4, -0.2) is 16.3 Å². The molecule has 0 saturated carbocycles. The molecule has 0 aliphatic heterocycles. The van der Waals surface area contributed by atoms with Crippen molar-refractivity contribution in [3.8, 4) is 11.9 Å². The number of rotatable bonds is 2. The van der Waals surface area contributed by atoms with Gasteiger partial charge in [-0.05, 0) is 30.3 Å². The molecule has 0 bridgehead atoms. The Kier molecular flexibility index (Phi) is 3.46. The second kappa shape index (κ2) is 5.43. The van der Waals surface area contributed by atoms with Gasteiger partial charge < -0.3 is 10.1 Å². The van der Waals surface area contributed by atoms with Gasteiger partial charge in [-0.3, -0.25) is 4.99 Å². The molecule has 0 unspecified atom stereocenters. The number of nitrogens with one attached hydrogen (secondary N) is 1. The van der Waals surface area contributed by atoms with Gasteiger partial charge in [0.15, 0.2) is 5.88 Å². The highest BCUT2D eigenvalue weighted by atomic mass is 79.9. The minimum absolute atomic E-state index is 0.0567. The third kappa shape index (κ3) is 2.54. The first-order chi connectivity index (χ1) is 10.2. The van der Waals surface area contributed by atoms with E-state index >= 15 is 0 Å².